The molecule has 0 amide bonds. The third-order valence-electron chi connectivity index (χ3n) is 4.32. The van der Waals surface area contributed by atoms with E-state index in [1.165, 1.54) is 22.3 Å². The molecule has 0 heterocycles. The number of hydrogen-bond donors (Lipinski definition) is 1. The summed E-state index contributed by atoms with van der Waals surface area (Å²) in [6.45, 7) is 7.49. The fourth-order valence-electron chi connectivity index (χ4n) is 2.77. The van der Waals surface area contributed by atoms with Crippen molar-refractivity contribution >= 4 is 0 Å². The van der Waals surface area contributed by atoms with Gasteiger partial charge in [0.05, 0.1) is 0 Å². The van der Waals surface area contributed by atoms with Gasteiger partial charge in [0.25, 0.3) is 0 Å². The molecule has 2 rings (SSSR count). The van der Waals surface area contributed by atoms with Crippen molar-refractivity contribution < 1.29 is 0 Å². The van der Waals surface area contributed by atoms with Crippen LogP contribution in [0.4, 0.5) is 0 Å². The van der Waals surface area contributed by atoms with Crippen LogP contribution < -0.4 is 5.73 Å². The Balaban J connectivity index is 2.09. The molecule has 2 aromatic carbocycles. The summed E-state index contributed by atoms with van der Waals surface area (Å²) < 4.78 is 0. The van der Waals surface area contributed by atoms with Crippen molar-refractivity contribution in [1.29, 1.82) is 0 Å². The van der Waals surface area contributed by atoms with Gasteiger partial charge in [0, 0.05) is 0 Å². The quantitative estimate of drug-likeness (QED) is 0.806. The molecule has 1 heteroatoms. The molecule has 2 N–H and O–H groups in total. The molecule has 0 fully saturated rings. The van der Waals surface area contributed by atoms with Gasteiger partial charge >= 0.3 is 0 Å². The van der Waals surface area contributed by atoms with Crippen LogP contribution in [0.25, 0.3) is 11.1 Å². The largest absolute Gasteiger partial charge is 0.330 e. The topological polar surface area (TPSA) is 26.0 Å². The molecule has 1 atom stereocenters. The Kier molecular flexibility index (Phi) is 5.58. The number of aryl methyl sites for hydroxylation is 1. The van der Waals surface area contributed by atoms with Gasteiger partial charge in [-0.3, -0.25) is 0 Å². The fourth-order valence-corrected chi connectivity index (χ4v) is 2.77. The van der Waals surface area contributed by atoms with E-state index in [1.807, 2.05) is 0 Å². The Bertz CT molecular complexity index is 537. The molecule has 0 aliphatic carbocycles. The van der Waals surface area contributed by atoms with Gasteiger partial charge in [-0.1, -0.05) is 67.9 Å². The molecular weight excluding hydrogens is 254 g/mol. The zero-order valence-corrected chi connectivity index (χ0v) is 13.5. The Labute approximate surface area is 129 Å². The molecule has 0 radical (unpaired) electrons. The number of benzene rings is 2. The van der Waals surface area contributed by atoms with Gasteiger partial charge in [-0.15, -0.1) is 0 Å². The van der Waals surface area contributed by atoms with Crippen molar-refractivity contribution in [3.05, 3.63) is 59.7 Å². The standard InChI is InChI=1S/C20H27N/c1-15(2)20(12-13-21)14-17-6-10-19(11-7-17)18-8-4-16(3)5-9-18/h4-11,15,20H,12-14,21H2,1-3H3. The van der Waals surface area contributed by atoms with Crippen LogP contribution in [0.3, 0.4) is 0 Å². The summed E-state index contributed by atoms with van der Waals surface area (Å²) in [7, 11) is 0. The van der Waals surface area contributed by atoms with E-state index in [4.69, 9.17) is 5.73 Å². The minimum atomic E-state index is 0.681. The van der Waals surface area contributed by atoms with Gasteiger partial charge in [0.15, 0.2) is 0 Å². The molecule has 0 saturated heterocycles. The first-order valence-electron chi connectivity index (χ1n) is 7.96. The van der Waals surface area contributed by atoms with Crippen LogP contribution in [-0.2, 0) is 6.42 Å². The van der Waals surface area contributed by atoms with E-state index in [9.17, 15) is 0 Å². The van der Waals surface area contributed by atoms with Crippen LogP contribution in [0.5, 0.6) is 0 Å². The summed E-state index contributed by atoms with van der Waals surface area (Å²) in [6.07, 6.45) is 2.24. The second kappa shape index (κ2) is 7.42. The zero-order valence-electron chi connectivity index (χ0n) is 13.5. The van der Waals surface area contributed by atoms with E-state index in [-0.39, 0.29) is 0 Å². The molecule has 0 saturated carbocycles. The molecular formula is C20H27N. The van der Waals surface area contributed by atoms with Gasteiger partial charge in [-0.2, -0.15) is 0 Å². The van der Waals surface area contributed by atoms with Gasteiger partial charge in [0.1, 0.15) is 0 Å². The Morgan fingerprint density at radius 3 is 1.86 bits per heavy atom. The lowest BCUT2D eigenvalue weighted by atomic mass is 9.86. The lowest BCUT2D eigenvalue weighted by molar-refractivity contribution is 0.362. The molecule has 0 spiro atoms. The summed E-state index contributed by atoms with van der Waals surface area (Å²) in [6, 6.07) is 17.7. The maximum absolute atomic E-state index is 5.73. The minimum absolute atomic E-state index is 0.681. The first-order valence-corrected chi connectivity index (χ1v) is 7.96. The van der Waals surface area contributed by atoms with E-state index in [1.54, 1.807) is 0 Å². The summed E-state index contributed by atoms with van der Waals surface area (Å²) >= 11 is 0. The van der Waals surface area contributed by atoms with E-state index in [0.717, 1.165) is 19.4 Å². The van der Waals surface area contributed by atoms with Crippen LogP contribution in [-0.4, -0.2) is 6.54 Å². The first-order chi connectivity index (χ1) is 10.1. The summed E-state index contributed by atoms with van der Waals surface area (Å²) in [4.78, 5) is 0. The highest BCUT2D eigenvalue weighted by molar-refractivity contribution is 5.63. The van der Waals surface area contributed by atoms with Crippen LogP contribution in [0.15, 0.2) is 48.5 Å². The number of rotatable bonds is 6. The monoisotopic (exact) mass is 281 g/mol. The predicted molar refractivity (Wildman–Crippen MR) is 92.3 cm³/mol. The molecule has 1 nitrogen and oxygen atoms in total. The van der Waals surface area contributed by atoms with Crippen molar-refractivity contribution in [1.82, 2.24) is 0 Å². The van der Waals surface area contributed by atoms with Crippen molar-refractivity contribution in [2.45, 2.75) is 33.6 Å². The zero-order chi connectivity index (χ0) is 15.2. The van der Waals surface area contributed by atoms with Crippen LogP contribution in [0.1, 0.15) is 31.4 Å². The van der Waals surface area contributed by atoms with E-state index in [0.29, 0.717) is 11.8 Å². The molecule has 1 unspecified atom stereocenters. The SMILES string of the molecule is Cc1ccc(-c2ccc(CC(CCN)C(C)C)cc2)cc1. The Hall–Kier alpha value is -1.60. The minimum Gasteiger partial charge on any atom is -0.330 e. The normalized spacial score (nSPS) is 12.6. The molecule has 0 aliphatic rings. The highest BCUT2D eigenvalue weighted by Crippen LogP contribution is 2.24. The second-order valence-corrected chi connectivity index (χ2v) is 6.35. The molecule has 2 aromatic rings. The lowest BCUT2D eigenvalue weighted by Crippen LogP contribution is -2.16. The van der Waals surface area contributed by atoms with Crippen molar-refractivity contribution in [2.75, 3.05) is 6.54 Å². The molecule has 112 valence electrons. The van der Waals surface area contributed by atoms with Crippen molar-refractivity contribution in [2.24, 2.45) is 17.6 Å². The molecule has 0 aromatic heterocycles. The summed E-state index contributed by atoms with van der Waals surface area (Å²) in [5.41, 5.74) is 11.0. The molecule has 0 bridgehead atoms. The molecule has 21 heavy (non-hydrogen) atoms. The number of hydrogen-bond acceptors (Lipinski definition) is 1. The van der Waals surface area contributed by atoms with Gasteiger partial charge in [0.2, 0.25) is 0 Å². The highest BCUT2D eigenvalue weighted by Gasteiger charge is 2.13. The van der Waals surface area contributed by atoms with Crippen molar-refractivity contribution in [3.8, 4) is 11.1 Å². The average molecular weight is 281 g/mol. The number of nitrogens with two attached hydrogens (primary N) is 1. The fraction of sp³-hybridized carbons (Fsp3) is 0.400. The Morgan fingerprint density at radius 1 is 0.857 bits per heavy atom. The first kappa shape index (κ1) is 15.8. The van der Waals surface area contributed by atoms with Crippen LogP contribution in [0.2, 0.25) is 0 Å². The van der Waals surface area contributed by atoms with E-state index < -0.39 is 0 Å². The van der Waals surface area contributed by atoms with Crippen LogP contribution >= 0.6 is 0 Å². The lowest BCUT2D eigenvalue weighted by Gasteiger charge is -2.20. The van der Waals surface area contributed by atoms with Gasteiger partial charge < -0.3 is 5.73 Å². The predicted octanol–water partition coefficient (Wildman–Crippen LogP) is 4.83. The smallest absolute Gasteiger partial charge is 0.00744 e. The maximum atomic E-state index is 5.73. The van der Waals surface area contributed by atoms with E-state index in [2.05, 4.69) is 69.3 Å². The van der Waals surface area contributed by atoms with E-state index >= 15 is 0 Å². The molecule has 0 aliphatic heterocycles. The summed E-state index contributed by atoms with van der Waals surface area (Å²) in [5.74, 6) is 1.37. The van der Waals surface area contributed by atoms with Crippen molar-refractivity contribution in [3.63, 3.8) is 0 Å². The second-order valence-electron chi connectivity index (χ2n) is 6.35. The highest BCUT2D eigenvalue weighted by atomic mass is 14.5. The Morgan fingerprint density at radius 2 is 1.38 bits per heavy atom. The van der Waals surface area contributed by atoms with Gasteiger partial charge in [-0.05, 0) is 54.8 Å². The third kappa shape index (κ3) is 4.44. The van der Waals surface area contributed by atoms with Gasteiger partial charge in [-0.25, -0.2) is 0 Å². The summed E-state index contributed by atoms with van der Waals surface area (Å²) in [5, 5.41) is 0. The average Bonchev–Trinajstić information content (AvgIpc) is 2.48. The third-order valence-corrected chi connectivity index (χ3v) is 4.32. The maximum Gasteiger partial charge on any atom is -0.00744 e. The van der Waals surface area contributed by atoms with Crippen LogP contribution in [0, 0.1) is 18.8 Å².